The molecule has 1 aromatic heterocycles. The van der Waals surface area contributed by atoms with Crippen LogP contribution in [-0.4, -0.2) is 6.03 Å². The van der Waals surface area contributed by atoms with E-state index >= 15 is 0 Å². The van der Waals surface area contributed by atoms with Gasteiger partial charge in [0.15, 0.2) is 0 Å². The van der Waals surface area contributed by atoms with E-state index in [0.29, 0.717) is 6.54 Å². The lowest BCUT2D eigenvalue weighted by Gasteiger charge is -2.12. The maximum absolute atomic E-state index is 12.7. The summed E-state index contributed by atoms with van der Waals surface area (Å²) in [7, 11) is 0. The van der Waals surface area contributed by atoms with Gasteiger partial charge in [-0.05, 0) is 29.6 Å². The molecule has 0 aliphatic carbocycles. The Morgan fingerprint density at radius 2 is 2.05 bits per heavy atom. The van der Waals surface area contributed by atoms with Crippen LogP contribution in [0.2, 0.25) is 5.02 Å². The second-order valence-corrected chi connectivity index (χ2v) is 5.52. The van der Waals surface area contributed by atoms with Gasteiger partial charge in [-0.25, -0.2) is 4.79 Å². The first-order valence-electron chi connectivity index (χ1n) is 5.80. The first-order valence-corrected chi connectivity index (χ1v) is 7.06. The predicted octanol–water partition coefficient (Wildman–Crippen LogP) is 4.74. The number of thiophene rings is 1. The molecule has 2 rings (SSSR count). The van der Waals surface area contributed by atoms with Crippen LogP contribution < -0.4 is 10.6 Å². The molecule has 2 N–H and O–H groups in total. The summed E-state index contributed by atoms with van der Waals surface area (Å²) in [5, 5.41) is 6.35. The first-order chi connectivity index (χ1) is 9.86. The number of alkyl halides is 3. The Hall–Kier alpha value is -1.73. The largest absolute Gasteiger partial charge is 0.417 e. The molecule has 0 saturated carbocycles. The Morgan fingerprint density at radius 3 is 2.67 bits per heavy atom. The van der Waals surface area contributed by atoms with E-state index in [0.717, 1.165) is 17.0 Å². The number of halogens is 4. The molecule has 1 heterocycles. The van der Waals surface area contributed by atoms with E-state index in [9.17, 15) is 18.0 Å². The molecule has 0 unspecified atom stereocenters. The summed E-state index contributed by atoms with van der Waals surface area (Å²) in [6.45, 7) is 0.309. The minimum atomic E-state index is -4.57. The zero-order chi connectivity index (χ0) is 15.5. The van der Waals surface area contributed by atoms with Crippen molar-refractivity contribution in [2.24, 2.45) is 0 Å². The summed E-state index contributed by atoms with van der Waals surface area (Å²) in [4.78, 5) is 12.6. The van der Waals surface area contributed by atoms with Gasteiger partial charge in [0.2, 0.25) is 0 Å². The molecule has 1 aromatic carbocycles. The summed E-state index contributed by atoms with van der Waals surface area (Å²) >= 11 is 6.97. The highest BCUT2D eigenvalue weighted by Gasteiger charge is 2.33. The van der Waals surface area contributed by atoms with Gasteiger partial charge in [-0.2, -0.15) is 13.2 Å². The number of hydrogen-bond donors (Lipinski definition) is 2. The van der Waals surface area contributed by atoms with E-state index in [2.05, 4.69) is 10.6 Å². The standard InChI is InChI=1S/C13H10ClF3N2OS/c14-11-4-3-8(6-10(11)13(15,16)17)19-12(20)18-7-9-2-1-5-21-9/h1-6H,7H2,(H2,18,19,20). The number of hydrogen-bond acceptors (Lipinski definition) is 2. The Morgan fingerprint density at radius 1 is 1.29 bits per heavy atom. The van der Waals surface area contributed by atoms with Crippen LogP contribution in [0.25, 0.3) is 0 Å². The SMILES string of the molecule is O=C(NCc1cccs1)Nc1ccc(Cl)c(C(F)(F)F)c1. The van der Waals surface area contributed by atoms with E-state index in [4.69, 9.17) is 11.6 Å². The van der Waals surface area contributed by atoms with Gasteiger partial charge in [0, 0.05) is 10.6 Å². The van der Waals surface area contributed by atoms with Gasteiger partial charge in [0.25, 0.3) is 0 Å². The van der Waals surface area contributed by atoms with E-state index in [1.54, 1.807) is 0 Å². The van der Waals surface area contributed by atoms with Gasteiger partial charge < -0.3 is 10.6 Å². The monoisotopic (exact) mass is 334 g/mol. The molecule has 0 aliphatic rings. The van der Waals surface area contributed by atoms with Crippen molar-refractivity contribution in [2.75, 3.05) is 5.32 Å². The maximum atomic E-state index is 12.7. The third kappa shape index (κ3) is 4.37. The van der Waals surface area contributed by atoms with Crippen LogP contribution in [-0.2, 0) is 12.7 Å². The highest BCUT2D eigenvalue weighted by molar-refractivity contribution is 7.09. The summed E-state index contributed by atoms with van der Waals surface area (Å²) in [5.41, 5.74) is -0.962. The number of nitrogens with one attached hydrogen (secondary N) is 2. The summed E-state index contributed by atoms with van der Waals surface area (Å²) in [6, 6.07) is 6.30. The quantitative estimate of drug-likeness (QED) is 0.836. The Labute approximate surface area is 127 Å². The van der Waals surface area contributed by atoms with Crippen molar-refractivity contribution in [1.82, 2.24) is 5.32 Å². The molecule has 0 aliphatic heterocycles. The highest BCUT2D eigenvalue weighted by Crippen LogP contribution is 2.36. The lowest BCUT2D eigenvalue weighted by molar-refractivity contribution is -0.137. The molecule has 2 amide bonds. The van der Waals surface area contributed by atoms with Crippen molar-refractivity contribution in [1.29, 1.82) is 0 Å². The van der Waals surface area contributed by atoms with Gasteiger partial charge in [-0.1, -0.05) is 17.7 Å². The molecule has 0 atom stereocenters. The smallest absolute Gasteiger partial charge is 0.333 e. The average Bonchev–Trinajstić information content (AvgIpc) is 2.90. The van der Waals surface area contributed by atoms with E-state index in [1.807, 2.05) is 17.5 Å². The van der Waals surface area contributed by atoms with Gasteiger partial charge in [-0.3, -0.25) is 0 Å². The molecule has 8 heteroatoms. The summed E-state index contributed by atoms with van der Waals surface area (Å²) in [6.07, 6.45) is -4.57. The van der Waals surface area contributed by atoms with E-state index in [-0.39, 0.29) is 5.69 Å². The van der Waals surface area contributed by atoms with Crippen LogP contribution >= 0.6 is 22.9 Å². The zero-order valence-electron chi connectivity index (χ0n) is 10.5. The van der Waals surface area contributed by atoms with Crippen LogP contribution in [0.1, 0.15) is 10.4 Å². The number of carbonyl (C=O) groups excluding carboxylic acids is 1. The third-order valence-corrected chi connectivity index (χ3v) is 3.74. The maximum Gasteiger partial charge on any atom is 0.417 e. The number of carbonyl (C=O) groups is 1. The van der Waals surface area contributed by atoms with Crippen molar-refractivity contribution in [3.63, 3.8) is 0 Å². The highest BCUT2D eigenvalue weighted by atomic mass is 35.5. The Balaban J connectivity index is 2.01. The molecule has 0 saturated heterocycles. The fourth-order valence-corrected chi connectivity index (χ4v) is 2.45. The third-order valence-electron chi connectivity index (χ3n) is 2.53. The second kappa shape index (κ2) is 6.36. The second-order valence-electron chi connectivity index (χ2n) is 4.08. The molecule has 2 aromatic rings. The Kier molecular flexibility index (Phi) is 4.74. The average molecular weight is 335 g/mol. The summed E-state index contributed by atoms with van der Waals surface area (Å²) in [5.74, 6) is 0. The molecule has 0 bridgehead atoms. The molecule has 112 valence electrons. The first kappa shape index (κ1) is 15.7. The van der Waals surface area contributed by atoms with Gasteiger partial charge in [-0.15, -0.1) is 11.3 Å². The molecule has 0 radical (unpaired) electrons. The van der Waals surface area contributed by atoms with Crippen LogP contribution in [0.5, 0.6) is 0 Å². The van der Waals surface area contributed by atoms with Crippen molar-refractivity contribution in [3.05, 3.63) is 51.2 Å². The van der Waals surface area contributed by atoms with Crippen LogP contribution in [0.4, 0.5) is 23.7 Å². The van der Waals surface area contributed by atoms with Crippen molar-refractivity contribution in [3.8, 4) is 0 Å². The number of benzene rings is 1. The van der Waals surface area contributed by atoms with Gasteiger partial charge in [0.1, 0.15) is 0 Å². The van der Waals surface area contributed by atoms with Crippen molar-refractivity contribution < 1.29 is 18.0 Å². The van der Waals surface area contributed by atoms with Crippen molar-refractivity contribution in [2.45, 2.75) is 12.7 Å². The molecular formula is C13H10ClF3N2OS. The Bertz CT molecular complexity index is 629. The van der Waals surface area contributed by atoms with Crippen molar-refractivity contribution >= 4 is 34.7 Å². The minimum absolute atomic E-state index is 0.0235. The minimum Gasteiger partial charge on any atom is -0.333 e. The number of urea groups is 1. The number of anilines is 1. The zero-order valence-corrected chi connectivity index (χ0v) is 12.1. The normalized spacial score (nSPS) is 11.2. The van der Waals surface area contributed by atoms with E-state index in [1.165, 1.54) is 17.4 Å². The molecule has 21 heavy (non-hydrogen) atoms. The molecule has 0 spiro atoms. The van der Waals surface area contributed by atoms with Crippen LogP contribution in [0, 0.1) is 0 Å². The predicted molar refractivity (Wildman–Crippen MR) is 76.6 cm³/mol. The van der Waals surface area contributed by atoms with Crippen LogP contribution in [0.3, 0.4) is 0 Å². The van der Waals surface area contributed by atoms with E-state index < -0.39 is 22.8 Å². The van der Waals surface area contributed by atoms with Gasteiger partial charge in [0.05, 0.1) is 17.1 Å². The summed E-state index contributed by atoms with van der Waals surface area (Å²) < 4.78 is 38.1. The lowest BCUT2D eigenvalue weighted by atomic mass is 10.2. The number of rotatable bonds is 3. The molecular weight excluding hydrogens is 325 g/mol. The fourth-order valence-electron chi connectivity index (χ4n) is 1.58. The molecule has 3 nitrogen and oxygen atoms in total. The van der Waals surface area contributed by atoms with Gasteiger partial charge >= 0.3 is 12.2 Å². The lowest BCUT2D eigenvalue weighted by Crippen LogP contribution is -2.28. The topological polar surface area (TPSA) is 41.1 Å². The fraction of sp³-hybridized carbons (Fsp3) is 0.154. The number of amides is 2. The van der Waals surface area contributed by atoms with Crippen LogP contribution in [0.15, 0.2) is 35.7 Å². The molecule has 0 fully saturated rings.